The molecule has 0 aliphatic heterocycles. The Morgan fingerprint density at radius 2 is 1.39 bits per heavy atom. The maximum atomic E-state index is 11.6. The predicted octanol–water partition coefficient (Wildman–Crippen LogP) is -3.73. The Balaban J connectivity index is 4.09. The summed E-state index contributed by atoms with van der Waals surface area (Å²) in [6, 6.07) is -2.06. The first kappa shape index (κ1) is 20.3. The van der Waals surface area contributed by atoms with E-state index in [1.54, 1.807) is 0 Å². The second-order valence-corrected chi connectivity index (χ2v) is 4.62. The molecule has 0 aliphatic rings. The van der Waals surface area contributed by atoms with E-state index in [4.69, 9.17) is 10.8 Å². The largest absolute Gasteiger partial charge is 0.480 e. The molecule has 11 heteroatoms. The highest BCUT2D eigenvalue weighted by molar-refractivity contribution is 5.92. The number of carbonyl (C=O) groups excluding carboxylic acids is 4. The molecule has 0 unspecified atom stereocenters. The molecule has 0 spiro atoms. The van der Waals surface area contributed by atoms with E-state index in [-0.39, 0.29) is 13.1 Å². The molecule has 0 aliphatic carbocycles. The van der Waals surface area contributed by atoms with Gasteiger partial charge in [0.2, 0.25) is 23.6 Å². The first-order valence-electron chi connectivity index (χ1n) is 6.73. The standard InChI is InChI=1S/C12H21N5O6/c1-6(11(21)17-7(2)12(22)23)16-10(20)5-15-9(19)4-14-8(18)3-13/h6-7H,3-5,13H2,1-2H3,(H,14,18)(H,15,19)(H,16,20)(H,17,21)(H,22,23)/t6-,7-/m0/s1. The van der Waals surface area contributed by atoms with Crippen LogP contribution in [0.3, 0.4) is 0 Å². The summed E-state index contributed by atoms with van der Waals surface area (Å²) in [7, 11) is 0. The Bertz CT molecular complexity index is 481. The Hall–Kier alpha value is -2.69. The second kappa shape index (κ2) is 10.1. The molecule has 23 heavy (non-hydrogen) atoms. The molecule has 0 aromatic rings. The van der Waals surface area contributed by atoms with Gasteiger partial charge in [-0.1, -0.05) is 0 Å². The minimum absolute atomic E-state index is 0.255. The van der Waals surface area contributed by atoms with Gasteiger partial charge in [-0.15, -0.1) is 0 Å². The quantitative estimate of drug-likeness (QED) is 0.251. The zero-order chi connectivity index (χ0) is 18.0. The first-order chi connectivity index (χ1) is 10.7. The van der Waals surface area contributed by atoms with Crippen molar-refractivity contribution < 1.29 is 29.1 Å². The topological polar surface area (TPSA) is 180 Å². The lowest BCUT2D eigenvalue weighted by molar-refractivity contribution is -0.141. The van der Waals surface area contributed by atoms with Crippen molar-refractivity contribution in [2.45, 2.75) is 25.9 Å². The van der Waals surface area contributed by atoms with Gasteiger partial charge in [0.15, 0.2) is 0 Å². The van der Waals surface area contributed by atoms with Crippen LogP contribution in [0.2, 0.25) is 0 Å². The van der Waals surface area contributed by atoms with Crippen LogP contribution in [0.5, 0.6) is 0 Å². The maximum absolute atomic E-state index is 11.6. The van der Waals surface area contributed by atoms with Gasteiger partial charge in [-0.05, 0) is 13.8 Å². The van der Waals surface area contributed by atoms with E-state index in [0.717, 1.165) is 0 Å². The van der Waals surface area contributed by atoms with Gasteiger partial charge in [-0.2, -0.15) is 0 Å². The number of carbonyl (C=O) groups is 5. The SMILES string of the molecule is C[C@H](NC(=O)[C@H](C)NC(=O)CNC(=O)CNC(=O)CN)C(=O)O. The van der Waals surface area contributed by atoms with Crippen molar-refractivity contribution >= 4 is 29.6 Å². The van der Waals surface area contributed by atoms with E-state index in [1.165, 1.54) is 13.8 Å². The molecule has 0 saturated heterocycles. The average molecular weight is 331 g/mol. The minimum atomic E-state index is -1.20. The molecule has 11 nitrogen and oxygen atoms in total. The lowest BCUT2D eigenvalue weighted by atomic mass is 10.2. The van der Waals surface area contributed by atoms with Crippen molar-refractivity contribution in [1.82, 2.24) is 21.3 Å². The summed E-state index contributed by atoms with van der Waals surface area (Å²) in [4.78, 5) is 55.9. The molecule has 0 radical (unpaired) electrons. The number of aliphatic carboxylic acids is 1. The summed E-state index contributed by atoms with van der Waals surface area (Å²) in [5, 5.41) is 17.6. The van der Waals surface area contributed by atoms with Crippen LogP contribution in [0.25, 0.3) is 0 Å². The number of carboxylic acid groups (broad SMARTS) is 1. The summed E-state index contributed by atoms with van der Waals surface area (Å²) >= 11 is 0. The van der Waals surface area contributed by atoms with Crippen LogP contribution >= 0.6 is 0 Å². The third-order valence-corrected chi connectivity index (χ3v) is 2.58. The molecule has 7 N–H and O–H groups in total. The number of nitrogens with one attached hydrogen (secondary N) is 4. The zero-order valence-corrected chi connectivity index (χ0v) is 12.8. The van der Waals surface area contributed by atoms with Gasteiger partial charge in [0.25, 0.3) is 0 Å². The number of nitrogens with two attached hydrogens (primary N) is 1. The van der Waals surface area contributed by atoms with Gasteiger partial charge < -0.3 is 32.1 Å². The van der Waals surface area contributed by atoms with Crippen LogP contribution in [0, 0.1) is 0 Å². The lowest BCUT2D eigenvalue weighted by Crippen LogP contribution is -2.51. The molecule has 0 aromatic carbocycles. The van der Waals surface area contributed by atoms with Crippen molar-refractivity contribution in [3.63, 3.8) is 0 Å². The van der Waals surface area contributed by atoms with E-state index >= 15 is 0 Å². The van der Waals surface area contributed by atoms with Gasteiger partial charge >= 0.3 is 5.97 Å². The van der Waals surface area contributed by atoms with E-state index in [0.29, 0.717) is 0 Å². The Morgan fingerprint density at radius 1 is 0.870 bits per heavy atom. The summed E-state index contributed by atoms with van der Waals surface area (Å²) in [6.07, 6.45) is 0. The summed E-state index contributed by atoms with van der Waals surface area (Å²) in [6.45, 7) is 1.67. The molecule has 130 valence electrons. The molecule has 0 saturated carbocycles. The molecule has 0 aromatic heterocycles. The monoisotopic (exact) mass is 331 g/mol. The molecule has 0 bridgehead atoms. The van der Waals surface area contributed by atoms with Crippen molar-refractivity contribution in [2.24, 2.45) is 5.73 Å². The second-order valence-electron chi connectivity index (χ2n) is 4.62. The van der Waals surface area contributed by atoms with Crippen LogP contribution < -0.4 is 27.0 Å². The fraction of sp³-hybridized carbons (Fsp3) is 0.583. The van der Waals surface area contributed by atoms with E-state index in [2.05, 4.69) is 21.3 Å². The molecule has 4 amide bonds. The predicted molar refractivity (Wildman–Crippen MR) is 77.9 cm³/mol. The maximum Gasteiger partial charge on any atom is 0.325 e. The van der Waals surface area contributed by atoms with Crippen molar-refractivity contribution in [1.29, 1.82) is 0 Å². The third kappa shape index (κ3) is 9.03. The van der Waals surface area contributed by atoms with Crippen LogP contribution in [0.15, 0.2) is 0 Å². The summed E-state index contributed by atoms with van der Waals surface area (Å²) in [5.41, 5.74) is 5.03. The molecule has 0 heterocycles. The minimum Gasteiger partial charge on any atom is -0.480 e. The van der Waals surface area contributed by atoms with E-state index < -0.39 is 48.2 Å². The van der Waals surface area contributed by atoms with E-state index in [9.17, 15) is 24.0 Å². The van der Waals surface area contributed by atoms with Crippen molar-refractivity contribution in [2.75, 3.05) is 19.6 Å². The fourth-order valence-corrected chi connectivity index (χ4v) is 1.25. The highest BCUT2D eigenvalue weighted by Crippen LogP contribution is 1.87. The third-order valence-electron chi connectivity index (χ3n) is 2.58. The summed E-state index contributed by atoms with van der Waals surface area (Å²) < 4.78 is 0. The van der Waals surface area contributed by atoms with Crippen LogP contribution in [0.1, 0.15) is 13.8 Å². The van der Waals surface area contributed by atoms with Crippen LogP contribution in [0.4, 0.5) is 0 Å². The zero-order valence-electron chi connectivity index (χ0n) is 12.8. The number of hydrogen-bond acceptors (Lipinski definition) is 6. The van der Waals surface area contributed by atoms with Gasteiger partial charge in [-0.25, -0.2) is 0 Å². The number of hydrogen-bond donors (Lipinski definition) is 6. The number of rotatable bonds is 9. The summed E-state index contributed by atoms with van der Waals surface area (Å²) in [5.74, 6) is -3.63. The molecular weight excluding hydrogens is 310 g/mol. The van der Waals surface area contributed by atoms with Gasteiger partial charge in [0.1, 0.15) is 12.1 Å². The highest BCUT2D eigenvalue weighted by atomic mass is 16.4. The molecule has 0 rings (SSSR count). The van der Waals surface area contributed by atoms with Crippen molar-refractivity contribution in [3.05, 3.63) is 0 Å². The lowest BCUT2D eigenvalue weighted by Gasteiger charge is -2.16. The van der Waals surface area contributed by atoms with Crippen LogP contribution in [-0.2, 0) is 24.0 Å². The molecule has 2 atom stereocenters. The Morgan fingerprint density at radius 3 is 1.91 bits per heavy atom. The van der Waals surface area contributed by atoms with E-state index in [1.807, 2.05) is 0 Å². The highest BCUT2D eigenvalue weighted by Gasteiger charge is 2.20. The Labute approximate surface area is 132 Å². The molecule has 0 fully saturated rings. The first-order valence-corrected chi connectivity index (χ1v) is 6.73. The fourth-order valence-electron chi connectivity index (χ4n) is 1.25. The molecular formula is C12H21N5O6. The smallest absolute Gasteiger partial charge is 0.325 e. The van der Waals surface area contributed by atoms with Gasteiger partial charge in [0.05, 0.1) is 19.6 Å². The number of carboxylic acids is 1. The normalized spacial score (nSPS) is 12.5. The Kier molecular flexibility index (Phi) is 8.92. The number of amides is 4. The van der Waals surface area contributed by atoms with Gasteiger partial charge in [-0.3, -0.25) is 24.0 Å². The average Bonchev–Trinajstić information content (AvgIpc) is 2.49. The van der Waals surface area contributed by atoms with Gasteiger partial charge in [0, 0.05) is 0 Å². The van der Waals surface area contributed by atoms with Crippen LogP contribution in [-0.4, -0.2) is 66.4 Å². The van der Waals surface area contributed by atoms with Crippen molar-refractivity contribution in [3.8, 4) is 0 Å².